The summed E-state index contributed by atoms with van der Waals surface area (Å²) in [4.78, 5) is 4.24. The van der Waals surface area contributed by atoms with Crippen molar-refractivity contribution in [3.8, 4) is 6.07 Å². The molecule has 158 valence electrons. The topological polar surface area (TPSA) is 86.1 Å². The lowest BCUT2D eigenvalue weighted by molar-refractivity contribution is -0.141. The third kappa shape index (κ3) is 4.92. The van der Waals surface area contributed by atoms with Crippen LogP contribution in [0.5, 0.6) is 0 Å². The second kappa shape index (κ2) is 8.47. The molecular weight excluding hydrogens is 413 g/mol. The summed E-state index contributed by atoms with van der Waals surface area (Å²) in [6, 6.07) is 1.84. The van der Waals surface area contributed by atoms with Gasteiger partial charge in [-0.25, -0.2) is 4.98 Å². The largest absolute Gasteiger partial charge is 0.465 e. The van der Waals surface area contributed by atoms with E-state index in [0.29, 0.717) is 5.89 Å². The van der Waals surface area contributed by atoms with Gasteiger partial charge in [-0.05, 0) is 6.92 Å². The van der Waals surface area contributed by atoms with Crippen molar-refractivity contribution >= 4 is 22.9 Å². The molecule has 2 aromatic rings. The van der Waals surface area contributed by atoms with Crippen LogP contribution >= 0.6 is 11.6 Å². The molecule has 0 saturated carbocycles. The molecule has 0 N–H and O–H groups in total. The first-order valence-corrected chi connectivity index (χ1v) is 8.90. The average molecular weight is 433 g/mol. The van der Waals surface area contributed by atoms with Crippen LogP contribution < -0.4 is 0 Å². The van der Waals surface area contributed by atoms with Gasteiger partial charge < -0.3 is 13.9 Å². The fraction of sp³-hybridized carbons (Fsp3) is 0.500. The fourth-order valence-corrected chi connectivity index (χ4v) is 2.53. The number of hydrogen-bond donors (Lipinski definition) is 0. The maximum atomic E-state index is 13.6. The van der Waals surface area contributed by atoms with Gasteiger partial charge in [-0.2, -0.15) is 23.5 Å². The minimum atomic E-state index is -4.83. The van der Waals surface area contributed by atoms with Gasteiger partial charge in [-0.15, -0.1) is 0 Å². The molecule has 0 aliphatic heterocycles. The van der Waals surface area contributed by atoms with Crippen molar-refractivity contribution in [2.75, 3.05) is 13.4 Å². The maximum Gasteiger partial charge on any atom is 0.435 e. The third-order valence-electron chi connectivity index (χ3n) is 3.70. The van der Waals surface area contributed by atoms with Crippen molar-refractivity contribution < 1.29 is 27.1 Å². The van der Waals surface area contributed by atoms with Crippen molar-refractivity contribution in [2.24, 2.45) is 7.05 Å². The smallest absolute Gasteiger partial charge is 0.435 e. The molecule has 0 spiro atoms. The fourth-order valence-electron chi connectivity index (χ4n) is 2.31. The second-order valence-electron chi connectivity index (χ2n) is 6.99. The van der Waals surface area contributed by atoms with E-state index in [9.17, 15) is 18.4 Å². The first-order valence-electron chi connectivity index (χ1n) is 8.53. The van der Waals surface area contributed by atoms with Gasteiger partial charge in [0.1, 0.15) is 28.8 Å². The Morgan fingerprint density at radius 1 is 1.34 bits per heavy atom. The quantitative estimate of drug-likeness (QED) is 0.282. The van der Waals surface area contributed by atoms with Crippen molar-refractivity contribution in [2.45, 2.75) is 39.3 Å². The molecule has 0 aromatic carbocycles. The van der Waals surface area contributed by atoms with Crippen LogP contribution in [0.1, 0.15) is 50.5 Å². The first-order chi connectivity index (χ1) is 13.4. The number of allylic oxidation sites excluding steroid dienone is 1. The van der Waals surface area contributed by atoms with Gasteiger partial charge in [0.05, 0.1) is 5.56 Å². The molecule has 11 heteroatoms. The van der Waals surface area contributed by atoms with Crippen LogP contribution in [0.15, 0.2) is 10.7 Å². The Kier molecular flexibility index (Phi) is 6.65. The molecule has 7 nitrogen and oxygen atoms in total. The van der Waals surface area contributed by atoms with Crippen molar-refractivity contribution in [1.82, 2.24) is 14.8 Å². The number of hydrogen-bond acceptors (Lipinski definition) is 6. The summed E-state index contributed by atoms with van der Waals surface area (Å²) >= 11 is 6.09. The molecule has 0 radical (unpaired) electrons. The molecule has 0 unspecified atom stereocenters. The van der Waals surface area contributed by atoms with E-state index >= 15 is 0 Å². The Hall–Kier alpha value is -2.51. The number of nitrogens with zero attached hydrogens (tertiary/aromatic N) is 4. The number of nitriles is 1. The molecule has 0 amide bonds. The highest BCUT2D eigenvalue weighted by Crippen LogP contribution is 2.41. The molecule has 2 aromatic heterocycles. The van der Waals surface area contributed by atoms with Crippen LogP contribution in [0.2, 0.25) is 5.15 Å². The van der Waals surface area contributed by atoms with Crippen LogP contribution in [0.3, 0.4) is 0 Å². The third-order valence-corrected chi connectivity index (χ3v) is 4.14. The molecule has 0 atom stereocenters. The summed E-state index contributed by atoms with van der Waals surface area (Å²) in [5.41, 5.74) is -2.61. The van der Waals surface area contributed by atoms with E-state index in [4.69, 9.17) is 25.5 Å². The Morgan fingerprint density at radius 2 is 2.00 bits per heavy atom. The second-order valence-corrected chi connectivity index (χ2v) is 7.35. The zero-order chi connectivity index (χ0) is 22.0. The van der Waals surface area contributed by atoms with E-state index in [1.165, 1.54) is 13.3 Å². The van der Waals surface area contributed by atoms with Gasteiger partial charge in [-0.3, -0.25) is 4.68 Å². The zero-order valence-corrected chi connectivity index (χ0v) is 17.3. The molecule has 0 fully saturated rings. The lowest BCUT2D eigenvalue weighted by Crippen LogP contribution is -2.12. The predicted molar refractivity (Wildman–Crippen MR) is 98.4 cm³/mol. The number of rotatable bonds is 6. The van der Waals surface area contributed by atoms with E-state index in [2.05, 4.69) is 10.1 Å². The standard InChI is InChI=1S/C18H20ClF3N4O3/c1-6-27-9-29-13(12-14(18(20,21)22)25-26(5)15(12)19)10(7-23)11-8-28-16(24-11)17(2,3)4/h8H,6,9H2,1-5H3. The highest BCUT2D eigenvalue weighted by atomic mass is 35.5. The minimum absolute atomic E-state index is 0.0111. The molecule has 0 bridgehead atoms. The van der Waals surface area contributed by atoms with Gasteiger partial charge in [0, 0.05) is 19.1 Å². The zero-order valence-electron chi connectivity index (χ0n) is 16.5. The summed E-state index contributed by atoms with van der Waals surface area (Å²) in [5.74, 6) is -0.141. The van der Waals surface area contributed by atoms with E-state index in [0.717, 1.165) is 4.68 Å². The van der Waals surface area contributed by atoms with Crippen LogP contribution in [0.25, 0.3) is 11.3 Å². The first kappa shape index (κ1) is 22.8. The highest BCUT2D eigenvalue weighted by Gasteiger charge is 2.41. The van der Waals surface area contributed by atoms with Crippen molar-refractivity contribution in [3.63, 3.8) is 0 Å². The number of aryl methyl sites for hydroxylation is 1. The summed E-state index contributed by atoms with van der Waals surface area (Å²) in [7, 11) is 1.25. The molecule has 2 rings (SSSR count). The predicted octanol–water partition coefficient (Wildman–Crippen LogP) is 4.78. The summed E-state index contributed by atoms with van der Waals surface area (Å²) < 4.78 is 57.4. The molecule has 0 saturated heterocycles. The molecule has 0 aliphatic rings. The van der Waals surface area contributed by atoms with Crippen LogP contribution in [-0.2, 0) is 28.1 Å². The Bertz CT molecular complexity index is 949. The van der Waals surface area contributed by atoms with Gasteiger partial charge in [0.25, 0.3) is 0 Å². The number of halogens is 4. The lowest BCUT2D eigenvalue weighted by atomic mass is 9.97. The van der Waals surface area contributed by atoms with Gasteiger partial charge >= 0.3 is 6.18 Å². The Morgan fingerprint density at radius 3 is 2.48 bits per heavy atom. The molecule has 0 aliphatic carbocycles. The van der Waals surface area contributed by atoms with E-state index < -0.39 is 35.4 Å². The SMILES string of the molecule is CCOCOC(=C(C#N)c1coc(C(C)(C)C)n1)c1c(C(F)(F)F)nn(C)c1Cl. The Labute approximate surface area is 170 Å². The van der Waals surface area contributed by atoms with Crippen LogP contribution in [-0.4, -0.2) is 28.2 Å². The van der Waals surface area contributed by atoms with Crippen LogP contribution in [0.4, 0.5) is 13.2 Å². The van der Waals surface area contributed by atoms with E-state index in [1.807, 2.05) is 26.8 Å². The number of aromatic nitrogens is 3. The summed E-state index contributed by atoms with van der Waals surface area (Å²) in [5, 5.41) is 12.8. The monoisotopic (exact) mass is 432 g/mol. The maximum absolute atomic E-state index is 13.6. The minimum Gasteiger partial charge on any atom is -0.465 e. The molecule has 2 heterocycles. The lowest BCUT2D eigenvalue weighted by Gasteiger charge is -2.14. The van der Waals surface area contributed by atoms with Gasteiger partial charge in [0.15, 0.2) is 24.1 Å². The van der Waals surface area contributed by atoms with Crippen molar-refractivity contribution in [3.05, 3.63) is 34.3 Å². The van der Waals surface area contributed by atoms with Crippen molar-refractivity contribution in [1.29, 1.82) is 5.26 Å². The van der Waals surface area contributed by atoms with E-state index in [1.54, 1.807) is 6.92 Å². The number of oxazole rings is 1. The summed E-state index contributed by atoms with van der Waals surface area (Å²) in [6.07, 6.45) is -3.65. The van der Waals surface area contributed by atoms with Gasteiger partial charge in [0.2, 0.25) is 0 Å². The summed E-state index contributed by atoms with van der Waals surface area (Å²) in [6.45, 7) is 7.05. The van der Waals surface area contributed by atoms with E-state index in [-0.39, 0.29) is 23.0 Å². The van der Waals surface area contributed by atoms with Crippen LogP contribution in [0, 0.1) is 11.3 Å². The number of ether oxygens (including phenoxy) is 2. The van der Waals surface area contributed by atoms with Gasteiger partial charge in [-0.1, -0.05) is 32.4 Å². The number of alkyl halides is 3. The highest BCUT2D eigenvalue weighted by molar-refractivity contribution is 6.31. The average Bonchev–Trinajstić information content (AvgIpc) is 3.20. The molecular formula is C18H20ClF3N4O3. The molecule has 29 heavy (non-hydrogen) atoms. The normalized spacial score (nSPS) is 13.2. The Balaban J connectivity index is 2.76.